The largest absolute Gasteiger partial charge is 0.496 e. The number of aryl methyl sites for hydroxylation is 1. The quantitative estimate of drug-likeness (QED) is 0.434. The third kappa shape index (κ3) is 2.99. The number of rotatable bonds is 4. The van der Waals surface area contributed by atoms with Gasteiger partial charge in [0.15, 0.2) is 5.78 Å². The molecule has 4 aromatic rings. The molecule has 0 saturated heterocycles. The van der Waals surface area contributed by atoms with Gasteiger partial charge in [-0.3, -0.25) is 4.79 Å². The maximum Gasteiger partial charge on any atom is 0.188 e. The number of methoxy groups -OCH3 is 1. The monoisotopic (exact) mass is 429 g/mol. The van der Waals surface area contributed by atoms with Crippen molar-refractivity contribution in [3.63, 3.8) is 0 Å². The van der Waals surface area contributed by atoms with Crippen LogP contribution in [0.4, 0.5) is 0 Å². The summed E-state index contributed by atoms with van der Waals surface area (Å²) in [5.41, 5.74) is 6.69. The van der Waals surface area contributed by atoms with E-state index in [9.17, 15) is 9.90 Å². The average Bonchev–Trinajstić information content (AvgIpc) is 3.12. The van der Waals surface area contributed by atoms with Crippen LogP contribution in [0.5, 0.6) is 5.75 Å². The molecule has 0 saturated carbocycles. The first-order valence-electron chi connectivity index (χ1n) is 9.98. The fourth-order valence-electron chi connectivity index (χ4n) is 4.47. The smallest absolute Gasteiger partial charge is 0.188 e. The molecule has 5 rings (SSSR count). The Balaban J connectivity index is 1.99. The molecule has 1 aliphatic carbocycles. The highest BCUT2D eigenvalue weighted by molar-refractivity contribution is 6.30. The number of carbonyl (C=O) groups excluding carboxylic acids is 1. The Labute approximate surface area is 185 Å². The van der Waals surface area contributed by atoms with Gasteiger partial charge >= 0.3 is 0 Å². The molecule has 31 heavy (non-hydrogen) atoms. The molecule has 5 heteroatoms. The summed E-state index contributed by atoms with van der Waals surface area (Å²) < 4.78 is 7.59. The number of halogens is 1. The van der Waals surface area contributed by atoms with Crippen LogP contribution in [0, 0.1) is 6.92 Å². The second-order valence-electron chi connectivity index (χ2n) is 7.63. The van der Waals surface area contributed by atoms with Crippen LogP contribution in [0.2, 0.25) is 5.02 Å². The Bertz CT molecular complexity index is 1380. The Morgan fingerprint density at radius 3 is 2.55 bits per heavy atom. The van der Waals surface area contributed by atoms with E-state index in [1.165, 1.54) is 0 Å². The minimum Gasteiger partial charge on any atom is -0.496 e. The highest BCUT2D eigenvalue weighted by atomic mass is 35.5. The summed E-state index contributed by atoms with van der Waals surface area (Å²) in [4.78, 5) is 13.2. The summed E-state index contributed by atoms with van der Waals surface area (Å²) in [5, 5.41) is 11.8. The van der Waals surface area contributed by atoms with E-state index >= 15 is 0 Å². The van der Waals surface area contributed by atoms with E-state index in [2.05, 4.69) is 16.7 Å². The molecule has 3 aromatic carbocycles. The van der Waals surface area contributed by atoms with E-state index in [-0.39, 0.29) is 12.4 Å². The van der Waals surface area contributed by atoms with E-state index < -0.39 is 0 Å². The number of aliphatic hydroxyl groups is 1. The maximum atomic E-state index is 13.2. The highest BCUT2D eigenvalue weighted by Gasteiger charge is 2.29. The van der Waals surface area contributed by atoms with Gasteiger partial charge in [-0.1, -0.05) is 35.9 Å². The number of ketones is 1. The molecule has 0 radical (unpaired) electrons. The zero-order valence-electron chi connectivity index (χ0n) is 17.1. The Hall–Kier alpha value is -3.34. The number of hydrogen-bond donors (Lipinski definition) is 1. The molecule has 0 aliphatic heterocycles. The second kappa shape index (κ2) is 7.41. The first-order valence-corrected chi connectivity index (χ1v) is 10.4. The molecular weight excluding hydrogens is 410 g/mol. The normalized spacial score (nSPS) is 12.6. The molecule has 0 bridgehead atoms. The molecule has 1 aromatic heterocycles. The summed E-state index contributed by atoms with van der Waals surface area (Å²) in [5.74, 6) is 0.520. The molecule has 0 fully saturated rings. The van der Waals surface area contributed by atoms with Gasteiger partial charge in [0.05, 0.1) is 30.5 Å². The molecule has 0 amide bonds. The maximum absolute atomic E-state index is 13.2. The number of aliphatic hydroxyl groups excluding tert-OH is 1. The minimum absolute atomic E-state index is 0.0595. The lowest BCUT2D eigenvalue weighted by Gasteiger charge is -2.17. The van der Waals surface area contributed by atoms with E-state index in [1.54, 1.807) is 13.2 Å². The van der Waals surface area contributed by atoms with E-state index in [4.69, 9.17) is 16.3 Å². The average molecular weight is 430 g/mol. The van der Waals surface area contributed by atoms with Gasteiger partial charge in [0.1, 0.15) is 5.75 Å². The fourth-order valence-corrected chi connectivity index (χ4v) is 4.60. The van der Waals surface area contributed by atoms with Crippen molar-refractivity contribution in [2.45, 2.75) is 13.5 Å². The SMILES string of the molecule is COc1cccc(-c2c3c4c(cc(C)cc4n2-c2ccc(Cl)cc2)C=CC3=O)c1CO. The molecule has 154 valence electrons. The zero-order valence-corrected chi connectivity index (χ0v) is 17.9. The summed E-state index contributed by atoms with van der Waals surface area (Å²) in [6.07, 6.45) is 3.49. The number of benzene rings is 3. The van der Waals surface area contributed by atoms with Crippen molar-refractivity contribution in [3.8, 4) is 22.7 Å². The van der Waals surface area contributed by atoms with E-state index in [0.717, 1.165) is 39.0 Å². The van der Waals surface area contributed by atoms with Crippen molar-refractivity contribution in [3.05, 3.63) is 87.9 Å². The molecule has 0 atom stereocenters. The van der Waals surface area contributed by atoms with Gasteiger partial charge < -0.3 is 14.4 Å². The lowest BCUT2D eigenvalue weighted by molar-refractivity contribution is 0.104. The lowest BCUT2D eigenvalue weighted by Crippen LogP contribution is -2.05. The third-order valence-electron chi connectivity index (χ3n) is 5.76. The number of hydrogen-bond acceptors (Lipinski definition) is 3. The third-order valence-corrected chi connectivity index (χ3v) is 6.01. The predicted octanol–water partition coefficient (Wildman–Crippen LogP) is 5.97. The first kappa shape index (κ1) is 19.6. The second-order valence-corrected chi connectivity index (χ2v) is 8.06. The van der Waals surface area contributed by atoms with Crippen LogP contribution in [0.25, 0.3) is 33.9 Å². The summed E-state index contributed by atoms with van der Waals surface area (Å²) in [7, 11) is 1.58. The topological polar surface area (TPSA) is 51.5 Å². The zero-order chi connectivity index (χ0) is 21.7. The van der Waals surface area contributed by atoms with Gasteiger partial charge in [-0.15, -0.1) is 0 Å². The van der Waals surface area contributed by atoms with Gasteiger partial charge in [0.2, 0.25) is 0 Å². The number of nitrogens with zero attached hydrogens (tertiary/aromatic N) is 1. The van der Waals surface area contributed by atoms with Gasteiger partial charge in [-0.05, 0) is 60.5 Å². The van der Waals surface area contributed by atoms with Gasteiger partial charge in [0, 0.05) is 27.2 Å². The summed E-state index contributed by atoms with van der Waals surface area (Å²) >= 11 is 6.15. The van der Waals surface area contributed by atoms with Crippen molar-refractivity contribution in [2.75, 3.05) is 7.11 Å². The summed E-state index contributed by atoms with van der Waals surface area (Å²) in [6, 6.07) is 17.3. The van der Waals surface area contributed by atoms with Crippen LogP contribution in [-0.2, 0) is 6.61 Å². The molecule has 1 heterocycles. The number of allylic oxidation sites excluding steroid dienone is 1. The molecule has 1 N–H and O–H groups in total. The van der Waals surface area contributed by atoms with Crippen molar-refractivity contribution in [1.29, 1.82) is 0 Å². The molecular formula is C26H20ClNO3. The highest BCUT2D eigenvalue weighted by Crippen LogP contribution is 2.43. The van der Waals surface area contributed by atoms with Crippen molar-refractivity contribution < 1.29 is 14.6 Å². The summed E-state index contributed by atoms with van der Waals surface area (Å²) in [6.45, 7) is 1.83. The Morgan fingerprint density at radius 1 is 1.06 bits per heavy atom. The van der Waals surface area contributed by atoms with Crippen LogP contribution in [0.3, 0.4) is 0 Å². The van der Waals surface area contributed by atoms with Gasteiger partial charge in [-0.25, -0.2) is 0 Å². The van der Waals surface area contributed by atoms with Gasteiger partial charge in [0.25, 0.3) is 0 Å². The van der Waals surface area contributed by atoms with Gasteiger partial charge in [-0.2, -0.15) is 0 Å². The molecule has 4 nitrogen and oxygen atoms in total. The van der Waals surface area contributed by atoms with Crippen molar-refractivity contribution >= 4 is 34.4 Å². The molecule has 0 spiro atoms. The van der Waals surface area contributed by atoms with Crippen LogP contribution in [0.1, 0.15) is 27.0 Å². The predicted molar refractivity (Wildman–Crippen MR) is 124 cm³/mol. The Morgan fingerprint density at radius 2 is 1.84 bits per heavy atom. The number of aromatic nitrogens is 1. The van der Waals surface area contributed by atoms with Crippen LogP contribution < -0.4 is 4.74 Å². The standard InChI is InChI=1S/C26H20ClNO3/c1-15-12-16-6-11-22(30)25-24(16)21(13-15)28(18-9-7-17(27)8-10-18)26(25)19-4-3-5-23(31-2)20(19)14-29/h3-13,29H,14H2,1-2H3. The number of ether oxygens (including phenoxy) is 1. The van der Waals surface area contributed by atoms with E-state index in [1.807, 2.05) is 55.5 Å². The van der Waals surface area contributed by atoms with Crippen LogP contribution in [0.15, 0.2) is 60.7 Å². The molecule has 1 aliphatic rings. The van der Waals surface area contributed by atoms with Crippen molar-refractivity contribution in [2.24, 2.45) is 0 Å². The Kier molecular flexibility index (Phi) is 4.69. The van der Waals surface area contributed by atoms with E-state index in [0.29, 0.717) is 21.9 Å². The first-order chi connectivity index (χ1) is 15.0. The van der Waals surface area contributed by atoms with Crippen molar-refractivity contribution in [1.82, 2.24) is 4.57 Å². The molecule has 0 unspecified atom stereocenters. The van der Waals surface area contributed by atoms with Crippen LogP contribution in [-0.4, -0.2) is 22.6 Å². The fraction of sp³-hybridized carbons (Fsp3) is 0.115. The van der Waals surface area contributed by atoms with Crippen LogP contribution >= 0.6 is 11.6 Å². The minimum atomic E-state index is -0.211. The lowest BCUT2D eigenvalue weighted by atomic mass is 9.92. The number of carbonyl (C=O) groups is 1.